The largest absolute Gasteiger partial charge is 0.459 e. The molecule has 27 unspecified atom stereocenters. The molecular formula is C83H104F8O30. The summed E-state index contributed by atoms with van der Waals surface area (Å²) >= 11 is 0. The minimum absolute atomic E-state index is 0.133. The van der Waals surface area contributed by atoms with Crippen LogP contribution in [0.1, 0.15) is 204 Å². The molecule has 22 aliphatic rings. The molecule has 8 saturated heterocycles. The van der Waals surface area contributed by atoms with E-state index in [9.17, 15) is 87.9 Å². The van der Waals surface area contributed by atoms with Gasteiger partial charge < -0.3 is 90.0 Å². The zero-order valence-electron chi connectivity index (χ0n) is 68.6. The Bertz CT molecular complexity index is 4110. The van der Waals surface area contributed by atoms with Crippen LogP contribution in [0.3, 0.4) is 0 Å². The summed E-state index contributed by atoms with van der Waals surface area (Å²) in [7, 11) is 0. The highest BCUT2D eigenvalue weighted by atomic mass is 19.3. The van der Waals surface area contributed by atoms with Gasteiger partial charge in [-0.1, -0.05) is 20.8 Å². The summed E-state index contributed by atoms with van der Waals surface area (Å²) in [6.45, 7) is 13.2. The molecule has 0 aromatic carbocycles. The third-order valence-electron chi connectivity index (χ3n) is 30.3. The monoisotopic (exact) mass is 1730 g/mol. The lowest BCUT2D eigenvalue weighted by molar-refractivity contribution is -0.344. The number of fused-ring (bicyclic) bond motifs is 8. The topological polar surface area (TPSA) is 363 Å². The molecule has 12 bridgehead atoms. The van der Waals surface area contributed by atoms with Crippen molar-refractivity contribution in [2.24, 2.45) is 88.8 Å². The van der Waals surface area contributed by atoms with Gasteiger partial charge in [0.1, 0.15) is 59.0 Å². The minimum atomic E-state index is -3.65. The Morgan fingerprint density at radius 2 is 0.826 bits per heavy atom. The van der Waals surface area contributed by atoms with Crippen molar-refractivity contribution in [1.29, 1.82) is 0 Å². The molecule has 0 N–H and O–H groups in total. The van der Waals surface area contributed by atoms with Crippen LogP contribution in [0, 0.1) is 88.8 Å². The highest BCUT2D eigenvalue weighted by Crippen LogP contribution is 2.69. The van der Waals surface area contributed by atoms with Gasteiger partial charge in [0.25, 0.3) is 0 Å². The Hall–Kier alpha value is -6.71. The van der Waals surface area contributed by atoms with E-state index in [4.69, 9.17) is 90.0 Å². The standard InChI is InChI=1S/C23H30F2O9.C21H24F2O9.C20H26F2O6.C19H24F2O6/c1-4-28-10(2)29-16-14-15(30-18(16)26)17-19(31-14)33-23(32-17)12-5-11-6-13(23)9-22(7-11,8-12)34-20(27)21(3,24)25;1-8(24)27-14-12-13(28-16(14)25)15-17(29-12)31-21(30-15)10-3-9-4-11(21)7-20(5-9,6-10)32-18(26)19(2,22)23;1-9(2)20(6-4-5-7-20)28-17(24)13-11-8-10-12(13)16(23)26-14(10)15(11)27-18(25)19(3,21)22;1-3-19(6-4-5-7-19)27-16(23)12-10-8-9-11(12)15(22)25-13(9)14(10)26-17(24)18(2,20)21/h10-17,19H,4-9H2,1-3H3;9-15,17H,3-7H2,1-2H3;9-15H,4-8H2,1-3H3;9-14H,3-8H2,1-2H3. The van der Waals surface area contributed by atoms with Crippen LogP contribution >= 0.6 is 0 Å². The van der Waals surface area contributed by atoms with Crippen LogP contribution in [-0.4, -0.2) is 222 Å². The van der Waals surface area contributed by atoms with E-state index in [-0.39, 0.29) is 53.3 Å². The predicted molar refractivity (Wildman–Crippen MR) is 380 cm³/mol. The van der Waals surface area contributed by atoms with Crippen molar-refractivity contribution in [2.45, 2.75) is 354 Å². The molecule has 38 heteroatoms. The van der Waals surface area contributed by atoms with Gasteiger partial charge in [-0.25, -0.2) is 28.8 Å². The zero-order chi connectivity index (χ0) is 86.7. The van der Waals surface area contributed by atoms with Crippen LogP contribution < -0.4 is 0 Å². The van der Waals surface area contributed by atoms with Gasteiger partial charge >= 0.3 is 89.4 Å². The number of hydrogen-bond acceptors (Lipinski definition) is 30. The van der Waals surface area contributed by atoms with Crippen molar-refractivity contribution in [3.8, 4) is 0 Å². The van der Waals surface area contributed by atoms with E-state index < -0.39 is 251 Å². The summed E-state index contributed by atoms with van der Waals surface area (Å²) in [6.07, 6.45) is 2.43. The number of halogens is 8. The van der Waals surface area contributed by atoms with E-state index in [0.717, 1.165) is 77.0 Å². The quantitative estimate of drug-likeness (QED) is 0.0503. The van der Waals surface area contributed by atoms with Gasteiger partial charge in [-0.3, -0.25) is 24.0 Å². The van der Waals surface area contributed by atoms with Crippen LogP contribution in [0.4, 0.5) is 35.1 Å². The number of hydrogen-bond donors (Lipinski definition) is 0. The van der Waals surface area contributed by atoms with E-state index in [0.29, 0.717) is 92.1 Å². The van der Waals surface area contributed by atoms with Gasteiger partial charge in [-0.2, -0.15) is 35.1 Å². The number of rotatable bonds is 19. The fraction of sp³-hybridized carbons (Fsp3) is 0.867. The normalized spacial score (nSPS) is 44.6. The maximum Gasteiger partial charge on any atom is 0.377 e. The summed E-state index contributed by atoms with van der Waals surface area (Å²) in [5.74, 6) is -31.0. The molecule has 672 valence electrons. The molecule has 27 atom stereocenters. The van der Waals surface area contributed by atoms with Gasteiger partial charge in [0, 0.05) is 88.6 Å². The Balaban J connectivity index is 0.000000115. The first-order valence-electron chi connectivity index (χ1n) is 42.9. The second-order valence-electron chi connectivity index (χ2n) is 38.4. The molecule has 121 heavy (non-hydrogen) atoms. The van der Waals surface area contributed by atoms with Crippen molar-refractivity contribution in [3.63, 3.8) is 0 Å². The predicted octanol–water partition coefficient (Wildman–Crippen LogP) is 9.25. The Labute approximate surface area is 690 Å². The second-order valence-corrected chi connectivity index (χ2v) is 38.4. The molecule has 0 aromatic heterocycles. The Morgan fingerprint density at radius 3 is 1.21 bits per heavy atom. The summed E-state index contributed by atoms with van der Waals surface area (Å²) in [6, 6.07) is 0. The first kappa shape index (κ1) is 86.4. The molecular weight excluding hydrogens is 1630 g/mol. The summed E-state index contributed by atoms with van der Waals surface area (Å²) in [5, 5.41) is 0. The van der Waals surface area contributed by atoms with Crippen LogP contribution in [0.25, 0.3) is 0 Å². The average Bonchev–Trinajstić information content (AvgIpc) is 1.64. The Kier molecular flexibility index (Phi) is 21.6. The second kappa shape index (κ2) is 30.3. The number of alkyl halides is 8. The molecule has 0 aromatic rings. The molecule has 8 heterocycles. The van der Waals surface area contributed by atoms with Gasteiger partial charge in [-0.05, 0) is 166 Å². The molecule has 14 saturated carbocycles. The first-order valence-corrected chi connectivity index (χ1v) is 42.9. The molecule has 2 spiro atoms. The third-order valence-corrected chi connectivity index (χ3v) is 30.3. The lowest BCUT2D eigenvalue weighted by atomic mass is 9.51. The number of carbonyl (C=O) groups excluding carboxylic acids is 11. The fourth-order valence-corrected chi connectivity index (χ4v) is 25.5. The van der Waals surface area contributed by atoms with Crippen LogP contribution in [0.5, 0.6) is 0 Å². The van der Waals surface area contributed by atoms with Crippen LogP contribution in [0.2, 0.25) is 0 Å². The minimum Gasteiger partial charge on any atom is -0.459 e. The Morgan fingerprint density at radius 1 is 0.438 bits per heavy atom. The number of carbonyl (C=O) groups is 11. The van der Waals surface area contributed by atoms with Crippen LogP contribution in [-0.2, 0) is 143 Å². The molecule has 22 fully saturated rings. The van der Waals surface area contributed by atoms with Crippen molar-refractivity contribution in [1.82, 2.24) is 0 Å². The first-order chi connectivity index (χ1) is 56.7. The zero-order valence-corrected chi connectivity index (χ0v) is 68.6. The number of ether oxygens (including phenoxy) is 19. The van der Waals surface area contributed by atoms with E-state index in [1.54, 1.807) is 6.92 Å². The van der Waals surface area contributed by atoms with Crippen molar-refractivity contribution in [3.05, 3.63) is 0 Å². The fourth-order valence-electron chi connectivity index (χ4n) is 25.5. The molecule has 0 amide bonds. The third kappa shape index (κ3) is 14.7. The van der Waals surface area contributed by atoms with E-state index >= 15 is 0 Å². The SMILES string of the molecule is CC(=O)OC1C(=O)OC2C3OC4(OC3OC12)C1CC2CC4CC(OC(=O)C(C)(F)F)(C2)C1.CC(C)C1(OC(=O)C2C3CC4C(OC(=O)C42)C3OC(=O)C(C)(F)F)CCCC1.CCC1(OC(=O)C2C3CC4C(OC(=O)C42)C3OC(=O)C(C)(F)F)CCCC1.CCOC(C)OC1C(=O)OC2C3OC4(OC3OC12)C1CC2CC4CC(OC(=O)C(C)(F)F)(C2)C1. The van der Waals surface area contributed by atoms with E-state index in [1.807, 2.05) is 27.7 Å². The maximum absolute atomic E-state index is 13.6. The van der Waals surface area contributed by atoms with Gasteiger partial charge in [0.2, 0.25) is 6.10 Å². The lowest BCUT2D eigenvalue weighted by Crippen LogP contribution is -2.66. The van der Waals surface area contributed by atoms with Crippen molar-refractivity contribution >= 4 is 65.7 Å². The van der Waals surface area contributed by atoms with Gasteiger partial charge in [0.15, 0.2) is 61.0 Å². The summed E-state index contributed by atoms with van der Waals surface area (Å²) in [4.78, 5) is 134. The lowest BCUT2D eigenvalue weighted by Gasteiger charge is -2.62. The van der Waals surface area contributed by atoms with Crippen molar-refractivity contribution < 1.29 is 178 Å². The molecule has 14 aliphatic carbocycles. The van der Waals surface area contributed by atoms with E-state index in [1.165, 1.54) is 6.92 Å². The highest BCUT2D eigenvalue weighted by molar-refractivity contribution is 5.88. The molecule has 0 radical (unpaired) electrons. The highest BCUT2D eigenvalue weighted by Gasteiger charge is 2.78. The van der Waals surface area contributed by atoms with Crippen molar-refractivity contribution in [2.75, 3.05) is 6.61 Å². The van der Waals surface area contributed by atoms with Crippen LogP contribution in [0.15, 0.2) is 0 Å². The molecule has 22 rings (SSSR count). The smallest absolute Gasteiger partial charge is 0.377 e. The average molecular weight is 1730 g/mol. The maximum atomic E-state index is 13.6. The van der Waals surface area contributed by atoms with Gasteiger partial charge in [0.05, 0.1) is 23.7 Å². The van der Waals surface area contributed by atoms with E-state index in [2.05, 4.69) is 0 Å². The number of esters is 11. The molecule has 8 aliphatic heterocycles. The van der Waals surface area contributed by atoms with Gasteiger partial charge in [-0.15, -0.1) is 0 Å². The summed E-state index contributed by atoms with van der Waals surface area (Å²) < 4.78 is 216. The summed E-state index contributed by atoms with van der Waals surface area (Å²) in [5.41, 5.74) is -2.92. The molecule has 30 nitrogen and oxygen atoms in total.